The predicted molar refractivity (Wildman–Crippen MR) is 324 cm³/mol. The number of carbonyl (C=O) groups excluding carboxylic acids is 5. The summed E-state index contributed by atoms with van der Waals surface area (Å²) < 4.78 is 11.2. The number of alkyl halides is 1. The van der Waals surface area contributed by atoms with Crippen molar-refractivity contribution in [2.45, 2.75) is 65.6 Å². The van der Waals surface area contributed by atoms with E-state index >= 15 is 0 Å². The van der Waals surface area contributed by atoms with Gasteiger partial charge in [0, 0.05) is 77.8 Å². The molecule has 0 bridgehead atoms. The van der Waals surface area contributed by atoms with Crippen LogP contribution in [0.3, 0.4) is 0 Å². The standard InChI is InChI=1S/C30H30ClN3O3S.C23H25BrClNO4.C7H8N2S/c1-19(2)37-28-14-13-22(16-25(28)31)27(35)17-23(29(36)32-3)15-20-9-11-21(12-10-20)26-18-38-30(34-26)33-24-7-5-4-6-8-24;1-14(2)30-22-9-8-17(11-19(22)25)20(27)12-18(23(29)26-3)10-15-4-6-16(7-5-15)21(28)13-24;8-7(10)9-6-4-2-1-3-5-6/h4-14,16,18-19,23H,15,17H2,1-3H3,(H,32,36)(H,33,34);4-9,11,14,18H,10,12-13H2,1-3H3,(H,26,29);1-5H,(H3,8,9,10). The summed E-state index contributed by atoms with van der Waals surface area (Å²) in [6.07, 6.45) is 0.882. The van der Waals surface area contributed by atoms with Crippen molar-refractivity contribution in [2.75, 3.05) is 30.1 Å². The second-order valence-corrected chi connectivity index (χ2v) is 20.9. The van der Waals surface area contributed by atoms with Crippen LogP contribution in [-0.2, 0) is 22.4 Å². The van der Waals surface area contributed by atoms with E-state index in [-0.39, 0.29) is 59.5 Å². The summed E-state index contributed by atoms with van der Waals surface area (Å²) in [7, 11) is 3.13. The van der Waals surface area contributed by atoms with Gasteiger partial charge in [0.1, 0.15) is 11.5 Å². The number of aromatic nitrogens is 1. The molecule has 78 heavy (non-hydrogen) atoms. The van der Waals surface area contributed by atoms with Gasteiger partial charge in [-0.05, 0) is 125 Å². The first-order chi connectivity index (χ1) is 37.3. The smallest absolute Gasteiger partial charge is 0.223 e. The van der Waals surface area contributed by atoms with Crippen LogP contribution < -0.4 is 36.5 Å². The summed E-state index contributed by atoms with van der Waals surface area (Å²) in [5, 5.41) is 15.6. The van der Waals surface area contributed by atoms with Crippen LogP contribution in [-0.4, -0.2) is 70.9 Å². The molecule has 6 N–H and O–H groups in total. The van der Waals surface area contributed by atoms with E-state index in [9.17, 15) is 24.0 Å². The Balaban J connectivity index is 0.000000248. The highest BCUT2D eigenvalue weighted by Gasteiger charge is 2.25. The third-order valence-corrected chi connectivity index (χ3v) is 13.5. The lowest BCUT2D eigenvalue weighted by Crippen LogP contribution is -2.30. The number of para-hydroxylation sites is 2. The molecule has 7 aromatic rings. The van der Waals surface area contributed by atoms with E-state index in [1.165, 1.54) is 0 Å². The van der Waals surface area contributed by atoms with Crippen molar-refractivity contribution >= 4 is 113 Å². The maximum absolute atomic E-state index is 13.0. The van der Waals surface area contributed by atoms with Crippen molar-refractivity contribution in [1.82, 2.24) is 15.6 Å². The van der Waals surface area contributed by atoms with Crippen molar-refractivity contribution in [1.29, 1.82) is 0 Å². The first-order valence-electron chi connectivity index (χ1n) is 24.9. The van der Waals surface area contributed by atoms with Crippen molar-refractivity contribution in [3.05, 3.63) is 189 Å². The number of nitrogens with two attached hydrogens (primary N) is 1. The Labute approximate surface area is 484 Å². The van der Waals surface area contributed by atoms with Crippen molar-refractivity contribution in [3.8, 4) is 22.8 Å². The van der Waals surface area contributed by atoms with Crippen LogP contribution in [0.15, 0.2) is 151 Å². The number of thiazole rings is 1. The molecule has 0 aliphatic heterocycles. The fraction of sp³-hybridized carbons (Fsp3) is 0.250. The Hall–Kier alpha value is -6.95. The van der Waals surface area contributed by atoms with Crippen LogP contribution in [0.25, 0.3) is 11.3 Å². The molecular formula is C60H63BrCl2N6O7S2. The molecule has 0 aliphatic rings. The lowest BCUT2D eigenvalue weighted by Gasteiger charge is -2.16. The number of hydrogen-bond acceptors (Lipinski definition) is 11. The highest BCUT2D eigenvalue weighted by molar-refractivity contribution is 9.09. The number of amides is 2. The summed E-state index contributed by atoms with van der Waals surface area (Å²) >= 11 is 21.9. The molecule has 0 spiro atoms. The third kappa shape index (κ3) is 20.1. The molecule has 1 heterocycles. The fourth-order valence-corrected chi connectivity index (χ4v) is 9.34. The molecule has 1 aromatic heterocycles. The molecular weight excluding hydrogens is 1130 g/mol. The van der Waals surface area contributed by atoms with Gasteiger partial charge in [0.05, 0.1) is 33.3 Å². The molecule has 13 nitrogen and oxygen atoms in total. The molecule has 18 heteroatoms. The highest BCUT2D eigenvalue weighted by atomic mass is 79.9. The van der Waals surface area contributed by atoms with Crippen molar-refractivity contribution in [2.24, 2.45) is 17.6 Å². The topological polar surface area (TPSA) is 191 Å². The van der Waals surface area contributed by atoms with E-state index < -0.39 is 11.8 Å². The first kappa shape index (κ1) is 61.9. The van der Waals surface area contributed by atoms with Gasteiger partial charge in [-0.1, -0.05) is 124 Å². The quantitative estimate of drug-likeness (QED) is 0.0246. The minimum absolute atomic E-state index is 0.0126. The molecule has 0 saturated carbocycles. The Morgan fingerprint density at radius 3 is 1.46 bits per heavy atom. The van der Waals surface area contributed by atoms with Gasteiger partial charge in [-0.15, -0.1) is 11.3 Å². The highest BCUT2D eigenvalue weighted by Crippen LogP contribution is 2.31. The molecule has 0 saturated heterocycles. The number of hydrogen-bond donors (Lipinski definition) is 5. The lowest BCUT2D eigenvalue weighted by atomic mass is 9.91. The zero-order chi connectivity index (χ0) is 56.7. The van der Waals surface area contributed by atoms with Gasteiger partial charge < -0.3 is 36.5 Å². The summed E-state index contributed by atoms with van der Waals surface area (Å²) in [5.74, 6) is -0.717. The Morgan fingerprint density at radius 2 is 1.05 bits per heavy atom. The van der Waals surface area contributed by atoms with Crippen molar-refractivity contribution < 1.29 is 33.4 Å². The monoisotopic (exact) mass is 1190 g/mol. The number of ether oxygens (including phenoxy) is 2. The third-order valence-electron chi connectivity index (χ3n) is 11.5. The molecule has 6 aromatic carbocycles. The Kier molecular flexibility index (Phi) is 25.0. The van der Waals surface area contributed by atoms with Crippen molar-refractivity contribution in [3.63, 3.8) is 0 Å². The van der Waals surface area contributed by atoms with E-state index in [1.54, 1.807) is 74.0 Å². The van der Waals surface area contributed by atoms with Crippen LogP contribution in [0.2, 0.25) is 10.0 Å². The number of anilines is 3. The summed E-state index contributed by atoms with van der Waals surface area (Å²) in [6, 6.07) is 44.4. The largest absolute Gasteiger partial charge is 0.489 e. The van der Waals surface area contributed by atoms with Gasteiger partial charge in [-0.25, -0.2) is 4.98 Å². The van der Waals surface area contributed by atoms with Gasteiger partial charge >= 0.3 is 0 Å². The SMILES string of the molecule is CNC(=O)C(CC(=O)c1ccc(OC(C)C)c(Cl)c1)Cc1ccc(-c2csc(Nc3ccccc3)n2)cc1.CNC(=O)C(CC(=O)c1ccc(OC(C)C)c(Cl)c1)Cc1ccc(C(=O)CBr)cc1.NC(=S)Nc1ccccc1. The van der Waals surface area contributed by atoms with E-state index in [1.807, 2.05) is 130 Å². The number of thiocarbonyl (C=S) groups is 1. The Bertz CT molecular complexity index is 3110. The lowest BCUT2D eigenvalue weighted by molar-refractivity contribution is -0.125. The summed E-state index contributed by atoms with van der Waals surface area (Å²) in [6.45, 7) is 7.61. The number of carbonyl (C=O) groups is 5. The second-order valence-electron chi connectivity index (χ2n) is 18.2. The Morgan fingerprint density at radius 1 is 0.615 bits per heavy atom. The van der Waals surface area contributed by atoms with Gasteiger partial charge in [-0.2, -0.15) is 0 Å². The average molecular weight is 1200 g/mol. The molecule has 7 rings (SSSR count). The van der Waals surface area contributed by atoms with E-state index in [0.717, 1.165) is 38.9 Å². The van der Waals surface area contributed by atoms with Crippen LogP contribution in [0, 0.1) is 11.8 Å². The molecule has 0 aliphatic carbocycles. The van der Waals surface area contributed by atoms with Gasteiger partial charge in [0.25, 0.3) is 0 Å². The zero-order valence-electron chi connectivity index (χ0n) is 44.1. The molecule has 2 amide bonds. The van der Waals surface area contributed by atoms with E-state index in [0.29, 0.717) is 56.2 Å². The minimum Gasteiger partial charge on any atom is -0.489 e. The number of ketones is 3. The maximum Gasteiger partial charge on any atom is 0.223 e. The van der Waals surface area contributed by atoms with Gasteiger partial charge in [0.15, 0.2) is 27.6 Å². The van der Waals surface area contributed by atoms with Crippen LogP contribution in [0.5, 0.6) is 11.5 Å². The second kappa shape index (κ2) is 31.5. The maximum atomic E-state index is 13.0. The molecule has 0 fully saturated rings. The number of nitrogens with one attached hydrogen (secondary N) is 4. The summed E-state index contributed by atoms with van der Waals surface area (Å²) in [5.41, 5.74) is 12.3. The average Bonchev–Trinajstić information content (AvgIpc) is 3.91. The number of Topliss-reactive ketones (excluding diaryl/α,β-unsaturated/α-hetero) is 3. The first-order valence-corrected chi connectivity index (χ1v) is 28.1. The van der Waals surface area contributed by atoms with E-state index in [2.05, 4.69) is 54.4 Å². The van der Waals surface area contributed by atoms with E-state index in [4.69, 9.17) is 38.4 Å². The van der Waals surface area contributed by atoms with Gasteiger partial charge in [0.2, 0.25) is 11.8 Å². The molecule has 2 atom stereocenters. The number of rotatable bonds is 22. The van der Waals surface area contributed by atoms with Gasteiger partial charge in [-0.3, -0.25) is 24.0 Å². The zero-order valence-corrected chi connectivity index (χ0v) is 48.8. The summed E-state index contributed by atoms with van der Waals surface area (Å²) in [4.78, 5) is 67.3. The van der Waals surface area contributed by atoms with Crippen LogP contribution >= 0.6 is 62.7 Å². The fourth-order valence-electron chi connectivity index (χ4n) is 7.71. The normalized spacial score (nSPS) is 11.4. The van der Waals surface area contributed by atoms with Crippen LogP contribution in [0.4, 0.5) is 16.5 Å². The number of benzene rings is 6. The number of halogens is 3. The van der Waals surface area contributed by atoms with Crippen LogP contribution in [0.1, 0.15) is 82.7 Å². The molecule has 408 valence electrons. The molecule has 2 unspecified atom stereocenters. The molecule has 0 radical (unpaired) electrons. The minimum atomic E-state index is -0.536. The number of nitrogens with zero attached hydrogens (tertiary/aromatic N) is 1. The predicted octanol–water partition coefficient (Wildman–Crippen LogP) is 13.4.